The number of benzene rings is 2. The van der Waals surface area contributed by atoms with Crippen molar-refractivity contribution in [3.63, 3.8) is 0 Å². The third kappa shape index (κ3) is 5.23. The molecule has 0 aromatic heterocycles. The molecule has 0 heterocycles. The Balaban J connectivity index is 1.97. The molecular formula is C22H30N2O3. The molecule has 1 atom stereocenters. The molecular weight excluding hydrogens is 340 g/mol. The molecule has 0 aliphatic carbocycles. The minimum Gasteiger partial charge on any atom is -0.493 e. The van der Waals surface area contributed by atoms with Crippen molar-refractivity contribution in [3.8, 4) is 11.5 Å². The number of hydrogen-bond donors (Lipinski definition) is 1. The zero-order valence-electron chi connectivity index (χ0n) is 17.1. The van der Waals surface area contributed by atoms with E-state index in [1.165, 1.54) is 0 Å². The largest absolute Gasteiger partial charge is 0.493 e. The van der Waals surface area contributed by atoms with Crippen molar-refractivity contribution in [2.75, 3.05) is 33.1 Å². The van der Waals surface area contributed by atoms with Crippen LogP contribution in [0.25, 0.3) is 0 Å². The van der Waals surface area contributed by atoms with Crippen LogP contribution in [0.5, 0.6) is 11.5 Å². The van der Waals surface area contributed by atoms with Crippen LogP contribution in [-0.2, 0) is 11.2 Å². The number of carbonyl (C=O) groups excluding carboxylic acids is 1. The van der Waals surface area contributed by atoms with Crippen molar-refractivity contribution < 1.29 is 14.3 Å². The summed E-state index contributed by atoms with van der Waals surface area (Å²) >= 11 is 0. The first-order valence-corrected chi connectivity index (χ1v) is 9.15. The number of methoxy groups -OCH3 is 2. The maximum Gasteiger partial charge on any atom is 0.241 e. The molecule has 0 radical (unpaired) electrons. The molecule has 0 saturated heterocycles. The summed E-state index contributed by atoms with van der Waals surface area (Å²) in [6.07, 6.45) is 0.817. The van der Waals surface area contributed by atoms with Crippen LogP contribution in [-0.4, -0.2) is 44.7 Å². The van der Waals surface area contributed by atoms with Crippen LogP contribution in [0, 0.1) is 13.8 Å². The summed E-state index contributed by atoms with van der Waals surface area (Å²) in [6, 6.07) is 11.7. The van der Waals surface area contributed by atoms with Crippen LogP contribution >= 0.6 is 0 Å². The average molecular weight is 370 g/mol. The van der Waals surface area contributed by atoms with Gasteiger partial charge in [-0.3, -0.25) is 9.69 Å². The summed E-state index contributed by atoms with van der Waals surface area (Å²) in [5.74, 6) is 1.44. The van der Waals surface area contributed by atoms with Crippen molar-refractivity contribution in [2.45, 2.75) is 33.2 Å². The molecule has 0 spiro atoms. The van der Waals surface area contributed by atoms with E-state index in [0.29, 0.717) is 0 Å². The van der Waals surface area contributed by atoms with E-state index >= 15 is 0 Å². The number of anilines is 1. The molecule has 0 aliphatic heterocycles. The molecule has 2 aromatic carbocycles. The van der Waals surface area contributed by atoms with Gasteiger partial charge in [0.05, 0.1) is 20.3 Å². The second-order valence-electron chi connectivity index (χ2n) is 6.85. The van der Waals surface area contributed by atoms with Gasteiger partial charge in [0.1, 0.15) is 0 Å². The van der Waals surface area contributed by atoms with E-state index in [-0.39, 0.29) is 11.9 Å². The molecule has 5 heteroatoms. The van der Waals surface area contributed by atoms with Crippen LogP contribution in [0.15, 0.2) is 36.4 Å². The quantitative estimate of drug-likeness (QED) is 0.767. The van der Waals surface area contributed by atoms with Crippen molar-refractivity contribution in [3.05, 3.63) is 53.1 Å². The molecule has 0 saturated carbocycles. The van der Waals surface area contributed by atoms with Gasteiger partial charge in [0.2, 0.25) is 5.91 Å². The van der Waals surface area contributed by atoms with Crippen LogP contribution in [0.4, 0.5) is 5.69 Å². The van der Waals surface area contributed by atoms with E-state index in [2.05, 4.69) is 10.2 Å². The summed E-state index contributed by atoms with van der Waals surface area (Å²) in [5.41, 5.74) is 4.19. The maximum atomic E-state index is 12.7. The smallest absolute Gasteiger partial charge is 0.241 e. The summed E-state index contributed by atoms with van der Waals surface area (Å²) in [4.78, 5) is 14.7. The normalized spacial score (nSPS) is 12.0. The third-order valence-electron chi connectivity index (χ3n) is 4.97. The predicted molar refractivity (Wildman–Crippen MR) is 110 cm³/mol. The van der Waals surface area contributed by atoms with Gasteiger partial charge >= 0.3 is 0 Å². The fraction of sp³-hybridized carbons (Fsp3) is 0.409. The predicted octanol–water partition coefficient (Wildman–Crippen LogP) is 3.82. The number of rotatable bonds is 8. The number of para-hydroxylation sites is 1. The SMILES string of the molecule is COc1ccc(CCN(C)[C@H](C)C(=O)Nc2c(C)cccc2C)cc1OC. The van der Waals surface area contributed by atoms with Crippen LogP contribution in [0.1, 0.15) is 23.6 Å². The lowest BCUT2D eigenvalue weighted by Gasteiger charge is -2.24. The maximum absolute atomic E-state index is 12.7. The summed E-state index contributed by atoms with van der Waals surface area (Å²) in [6.45, 7) is 6.70. The van der Waals surface area contributed by atoms with Gasteiger partial charge in [-0.1, -0.05) is 24.3 Å². The highest BCUT2D eigenvalue weighted by molar-refractivity contribution is 5.95. The first-order chi connectivity index (χ1) is 12.9. The van der Waals surface area contributed by atoms with E-state index < -0.39 is 0 Å². The summed E-state index contributed by atoms with van der Waals surface area (Å²) in [5, 5.41) is 3.07. The van der Waals surface area contributed by atoms with Gasteiger partial charge in [-0.15, -0.1) is 0 Å². The van der Waals surface area contributed by atoms with Crippen LogP contribution < -0.4 is 14.8 Å². The fourth-order valence-corrected chi connectivity index (χ4v) is 2.97. The number of aryl methyl sites for hydroxylation is 2. The number of ether oxygens (including phenoxy) is 2. The van der Waals surface area contributed by atoms with Crippen LogP contribution in [0.2, 0.25) is 0 Å². The first kappa shape index (κ1) is 20.8. The van der Waals surface area contributed by atoms with E-state index in [1.807, 2.05) is 64.2 Å². The standard InChI is InChI=1S/C22H30N2O3/c1-15-8-7-9-16(2)21(15)23-22(25)17(3)24(4)13-12-18-10-11-19(26-5)20(14-18)27-6/h7-11,14,17H,12-13H2,1-6H3,(H,23,25)/t17-/m1/s1. The van der Waals surface area contributed by atoms with Crippen molar-refractivity contribution in [2.24, 2.45) is 0 Å². The Labute approximate surface area is 162 Å². The van der Waals surface area contributed by atoms with Gasteiger partial charge in [-0.25, -0.2) is 0 Å². The molecule has 0 fully saturated rings. The minimum atomic E-state index is -0.232. The monoisotopic (exact) mass is 370 g/mol. The second-order valence-corrected chi connectivity index (χ2v) is 6.85. The lowest BCUT2D eigenvalue weighted by atomic mass is 10.1. The highest BCUT2D eigenvalue weighted by atomic mass is 16.5. The Hall–Kier alpha value is -2.53. The number of hydrogen-bond acceptors (Lipinski definition) is 4. The number of amides is 1. The average Bonchev–Trinajstić information content (AvgIpc) is 2.67. The third-order valence-corrected chi connectivity index (χ3v) is 4.97. The molecule has 146 valence electrons. The molecule has 5 nitrogen and oxygen atoms in total. The van der Waals surface area contributed by atoms with E-state index in [4.69, 9.17) is 9.47 Å². The molecule has 0 bridgehead atoms. The Morgan fingerprint density at radius 1 is 1.07 bits per heavy atom. The zero-order valence-corrected chi connectivity index (χ0v) is 17.1. The van der Waals surface area contributed by atoms with Crippen molar-refractivity contribution in [1.82, 2.24) is 4.90 Å². The Morgan fingerprint density at radius 2 is 1.70 bits per heavy atom. The Kier molecular flexibility index (Phi) is 7.25. The molecule has 0 unspecified atom stereocenters. The van der Waals surface area contributed by atoms with E-state index in [1.54, 1.807) is 14.2 Å². The van der Waals surface area contributed by atoms with Crippen molar-refractivity contribution in [1.29, 1.82) is 0 Å². The van der Waals surface area contributed by atoms with Crippen LogP contribution in [0.3, 0.4) is 0 Å². The summed E-state index contributed by atoms with van der Waals surface area (Å²) in [7, 11) is 5.23. The molecule has 0 aliphatic rings. The van der Waals surface area contributed by atoms with Gasteiger partial charge in [0.25, 0.3) is 0 Å². The molecule has 2 rings (SSSR count). The highest BCUT2D eigenvalue weighted by Gasteiger charge is 2.19. The lowest BCUT2D eigenvalue weighted by molar-refractivity contribution is -0.120. The number of likely N-dealkylation sites (N-methyl/N-ethyl adjacent to an activating group) is 1. The van der Waals surface area contributed by atoms with E-state index in [0.717, 1.165) is 46.8 Å². The number of nitrogens with one attached hydrogen (secondary N) is 1. The number of nitrogens with zero attached hydrogens (tertiary/aromatic N) is 1. The summed E-state index contributed by atoms with van der Waals surface area (Å²) < 4.78 is 10.6. The fourth-order valence-electron chi connectivity index (χ4n) is 2.97. The van der Waals surface area contributed by atoms with Gasteiger partial charge in [-0.2, -0.15) is 0 Å². The molecule has 1 amide bonds. The van der Waals surface area contributed by atoms with Gasteiger partial charge in [0, 0.05) is 12.2 Å². The Bertz CT molecular complexity index is 769. The van der Waals surface area contributed by atoms with Gasteiger partial charge in [-0.05, 0) is 63.1 Å². The molecule has 1 N–H and O–H groups in total. The van der Waals surface area contributed by atoms with Gasteiger partial charge < -0.3 is 14.8 Å². The molecule has 2 aromatic rings. The highest BCUT2D eigenvalue weighted by Crippen LogP contribution is 2.27. The minimum absolute atomic E-state index is 0.00205. The van der Waals surface area contributed by atoms with E-state index in [9.17, 15) is 4.79 Å². The van der Waals surface area contributed by atoms with Crippen molar-refractivity contribution >= 4 is 11.6 Å². The first-order valence-electron chi connectivity index (χ1n) is 9.15. The second kappa shape index (κ2) is 9.42. The molecule has 27 heavy (non-hydrogen) atoms. The number of carbonyl (C=O) groups is 1. The lowest BCUT2D eigenvalue weighted by Crippen LogP contribution is -2.40. The Morgan fingerprint density at radius 3 is 2.30 bits per heavy atom. The zero-order chi connectivity index (χ0) is 20.0. The van der Waals surface area contributed by atoms with Gasteiger partial charge in [0.15, 0.2) is 11.5 Å². The topological polar surface area (TPSA) is 50.8 Å².